The molecule has 1 aromatic carbocycles. The van der Waals surface area contributed by atoms with Gasteiger partial charge in [-0.2, -0.15) is 0 Å². The van der Waals surface area contributed by atoms with Crippen LogP contribution in [0.1, 0.15) is 16.6 Å². The van der Waals surface area contributed by atoms with Gasteiger partial charge < -0.3 is 14.8 Å². The molecule has 3 heterocycles. The first-order chi connectivity index (χ1) is 14.6. The molecule has 1 unspecified atom stereocenters. The second kappa shape index (κ2) is 9.45. The highest BCUT2D eigenvalue weighted by Gasteiger charge is 2.34. The lowest BCUT2D eigenvalue weighted by Gasteiger charge is -2.32. The number of hydrogen-bond acceptors (Lipinski definition) is 8. The molecule has 7 nitrogen and oxygen atoms in total. The third kappa shape index (κ3) is 4.53. The fourth-order valence-electron chi connectivity index (χ4n) is 3.45. The minimum atomic E-state index is -0.640. The molecule has 0 bridgehead atoms. The van der Waals surface area contributed by atoms with Crippen LogP contribution in [0.5, 0.6) is 0 Å². The quantitative estimate of drug-likeness (QED) is 0.681. The molecule has 0 amide bonds. The Morgan fingerprint density at radius 2 is 2.17 bits per heavy atom. The van der Waals surface area contributed by atoms with Crippen molar-refractivity contribution in [3.8, 4) is 0 Å². The van der Waals surface area contributed by atoms with Crippen molar-refractivity contribution in [2.45, 2.75) is 6.04 Å². The molecule has 1 N–H and O–H groups in total. The Labute approximate surface area is 188 Å². The number of morpholine rings is 1. The summed E-state index contributed by atoms with van der Waals surface area (Å²) in [6.45, 7) is 3.38. The first-order valence-electron chi connectivity index (χ1n) is 9.38. The van der Waals surface area contributed by atoms with E-state index in [4.69, 9.17) is 37.7 Å². The number of thiazole rings is 1. The Kier molecular flexibility index (Phi) is 6.70. The van der Waals surface area contributed by atoms with Crippen molar-refractivity contribution in [1.29, 1.82) is 0 Å². The van der Waals surface area contributed by atoms with Crippen LogP contribution >= 0.6 is 34.5 Å². The Morgan fingerprint density at radius 3 is 2.83 bits per heavy atom. The van der Waals surface area contributed by atoms with Gasteiger partial charge in [-0.25, -0.2) is 9.78 Å². The molecule has 0 aliphatic carbocycles. The predicted octanol–water partition coefficient (Wildman–Crippen LogP) is 3.30. The molecule has 2 aliphatic heterocycles. The number of amidine groups is 1. The highest BCUT2D eigenvalue weighted by molar-refractivity contribution is 7.11. The Morgan fingerprint density at radius 1 is 1.37 bits per heavy atom. The van der Waals surface area contributed by atoms with E-state index in [-0.39, 0.29) is 0 Å². The maximum Gasteiger partial charge on any atom is 0.338 e. The van der Waals surface area contributed by atoms with Crippen LogP contribution in [0.3, 0.4) is 0 Å². The fourth-order valence-corrected chi connectivity index (χ4v) is 4.55. The van der Waals surface area contributed by atoms with E-state index >= 15 is 0 Å². The van der Waals surface area contributed by atoms with E-state index in [0.717, 1.165) is 23.8 Å². The second-order valence-corrected chi connectivity index (χ2v) is 8.52. The van der Waals surface area contributed by atoms with E-state index < -0.39 is 12.0 Å². The summed E-state index contributed by atoms with van der Waals surface area (Å²) in [6.07, 6.45) is 1.72. The van der Waals surface area contributed by atoms with Gasteiger partial charge in [0.25, 0.3) is 0 Å². The van der Waals surface area contributed by atoms with E-state index in [9.17, 15) is 4.79 Å². The SMILES string of the molecule is COC(=O)C1=C(CN2CCOCC2)NC(c2nccs2)=NC1c1ccc(Cl)cc1Cl. The van der Waals surface area contributed by atoms with Crippen LogP contribution in [0.15, 0.2) is 46.0 Å². The van der Waals surface area contributed by atoms with Gasteiger partial charge in [0.05, 0.1) is 25.9 Å². The van der Waals surface area contributed by atoms with Gasteiger partial charge in [-0.3, -0.25) is 9.89 Å². The number of hydrogen-bond donors (Lipinski definition) is 1. The van der Waals surface area contributed by atoms with Crippen molar-refractivity contribution >= 4 is 46.3 Å². The summed E-state index contributed by atoms with van der Waals surface area (Å²) in [4.78, 5) is 24.3. The molecule has 1 saturated heterocycles. The number of aromatic nitrogens is 1. The number of methoxy groups -OCH3 is 1. The Bertz CT molecular complexity index is 988. The number of benzene rings is 1. The van der Waals surface area contributed by atoms with Crippen LogP contribution in [0.4, 0.5) is 0 Å². The molecule has 1 fully saturated rings. The highest BCUT2D eigenvalue weighted by Crippen LogP contribution is 2.37. The Hall–Kier alpha value is -1.97. The fraction of sp³-hybridized carbons (Fsp3) is 0.350. The largest absolute Gasteiger partial charge is 0.466 e. The van der Waals surface area contributed by atoms with Crippen molar-refractivity contribution in [1.82, 2.24) is 15.2 Å². The molecule has 0 radical (unpaired) electrons. The number of halogens is 2. The normalized spacial score (nSPS) is 20.0. The van der Waals surface area contributed by atoms with E-state index in [1.54, 1.807) is 24.4 Å². The minimum absolute atomic E-state index is 0.425. The molecular weight excluding hydrogens is 447 g/mol. The molecule has 30 heavy (non-hydrogen) atoms. The minimum Gasteiger partial charge on any atom is -0.466 e. The number of rotatable bonds is 5. The van der Waals surface area contributed by atoms with Gasteiger partial charge in [0, 0.05) is 52.5 Å². The summed E-state index contributed by atoms with van der Waals surface area (Å²) in [7, 11) is 1.36. The van der Waals surface area contributed by atoms with Gasteiger partial charge in [-0.1, -0.05) is 29.3 Å². The molecule has 1 atom stereocenters. The lowest BCUT2D eigenvalue weighted by atomic mass is 9.95. The van der Waals surface area contributed by atoms with Crippen molar-refractivity contribution in [2.75, 3.05) is 40.0 Å². The molecule has 10 heteroatoms. The number of nitrogens with zero attached hydrogens (tertiary/aromatic N) is 3. The third-order valence-corrected chi connectivity index (χ3v) is 6.25. The van der Waals surface area contributed by atoms with Gasteiger partial charge in [0.1, 0.15) is 6.04 Å². The summed E-state index contributed by atoms with van der Waals surface area (Å²) in [5.41, 5.74) is 1.82. The van der Waals surface area contributed by atoms with Crippen LogP contribution in [0.2, 0.25) is 10.0 Å². The van der Waals surface area contributed by atoms with E-state index in [2.05, 4.69) is 15.2 Å². The molecule has 2 aromatic rings. The Balaban J connectivity index is 1.81. The first kappa shape index (κ1) is 21.3. The van der Waals surface area contributed by atoms with E-state index in [0.29, 0.717) is 46.8 Å². The molecular formula is C20H20Cl2N4O3S. The topological polar surface area (TPSA) is 76.0 Å². The number of carbonyl (C=O) groups is 1. The lowest BCUT2D eigenvalue weighted by Crippen LogP contribution is -2.43. The lowest BCUT2D eigenvalue weighted by molar-refractivity contribution is -0.136. The van der Waals surface area contributed by atoms with E-state index in [1.807, 2.05) is 5.38 Å². The van der Waals surface area contributed by atoms with Gasteiger partial charge in [0.2, 0.25) is 0 Å². The van der Waals surface area contributed by atoms with Crippen LogP contribution in [-0.2, 0) is 14.3 Å². The predicted molar refractivity (Wildman–Crippen MR) is 117 cm³/mol. The van der Waals surface area contributed by atoms with Crippen molar-refractivity contribution in [3.05, 3.63) is 61.7 Å². The smallest absolute Gasteiger partial charge is 0.338 e. The summed E-state index contributed by atoms with van der Waals surface area (Å²) in [5, 5.41) is 6.88. The molecule has 158 valence electrons. The molecule has 0 spiro atoms. The van der Waals surface area contributed by atoms with Crippen molar-refractivity contribution in [2.24, 2.45) is 4.99 Å². The number of ether oxygens (including phenoxy) is 2. The monoisotopic (exact) mass is 466 g/mol. The van der Waals surface area contributed by atoms with Crippen LogP contribution in [0.25, 0.3) is 0 Å². The zero-order valence-electron chi connectivity index (χ0n) is 16.2. The average molecular weight is 467 g/mol. The number of carbonyl (C=O) groups excluding carboxylic acids is 1. The number of esters is 1. The van der Waals surface area contributed by atoms with Crippen molar-refractivity contribution in [3.63, 3.8) is 0 Å². The van der Waals surface area contributed by atoms with Gasteiger partial charge in [0.15, 0.2) is 10.8 Å². The maximum atomic E-state index is 12.9. The number of nitrogens with one attached hydrogen (secondary N) is 1. The van der Waals surface area contributed by atoms with Crippen LogP contribution < -0.4 is 5.32 Å². The third-order valence-electron chi connectivity index (χ3n) is 4.91. The zero-order chi connectivity index (χ0) is 21.1. The van der Waals surface area contributed by atoms with Crippen LogP contribution in [0, 0.1) is 0 Å². The standard InChI is InChI=1S/C20H20Cl2N4O3S/c1-28-20(27)16-15(11-26-5-7-29-8-6-26)24-18(19-23-4-9-30-19)25-17(16)13-3-2-12(21)10-14(13)22/h2-4,9-10,17H,5-8,11H2,1H3,(H,24,25). The average Bonchev–Trinajstić information content (AvgIpc) is 3.28. The summed E-state index contributed by atoms with van der Waals surface area (Å²) in [6, 6.07) is 4.53. The maximum absolute atomic E-state index is 12.9. The summed E-state index contributed by atoms with van der Waals surface area (Å²) < 4.78 is 10.6. The molecule has 1 aromatic heterocycles. The van der Waals surface area contributed by atoms with Gasteiger partial charge >= 0.3 is 5.97 Å². The van der Waals surface area contributed by atoms with Crippen molar-refractivity contribution < 1.29 is 14.3 Å². The van der Waals surface area contributed by atoms with E-state index in [1.165, 1.54) is 18.4 Å². The second-order valence-electron chi connectivity index (χ2n) is 6.78. The van der Waals surface area contributed by atoms with Crippen LogP contribution in [-0.4, -0.2) is 61.6 Å². The highest BCUT2D eigenvalue weighted by atomic mass is 35.5. The zero-order valence-corrected chi connectivity index (χ0v) is 18.6. The van der Waals surface area contributed by atoms with Gasteiger partial charge in [-0.05, 0) is 12.1 Å². The molecule has 4 rings (SSSR count). The van der Waals surface area contributed by atoms with Gasteiger partial charge in [-0.15, -0.1) is 11.3 Å². The first-order valence-corrected chi connectivity index (χ1v) is 11.0. The summed E-state index contributed by atoms with van der Waals surface area (Å²) >= 11 is 14.1. The number of aliphatic imine (C=N–C) groups is 1. The molecule has 2 aliphatic rings. The molecule has 0 saturated carbocycles. The summed E-state index contributed by atoms with van der Waals surface area (Å²) in [5.74, 6) is 0.139.